The highest BCUT2D eigenvalue weighted by molar-refractivity contribution is 6.02. The third-order valence-corrected chi connectivity index (χ3v) is 5.04. The zero-order chi connectivity index (χ0) is 20.9. The third kappa shape index (κ3) is 4.08. The van der Waals surface area contributed by atoms with Gasteiger partial charge in [0.2, 0.25) is 5.88 Å². The number of aromatic nitrogens is 2. The van der Waals surface area contributed by atoms with Crippen molar-refractivity contribution in [1.82, 2.24) is 14.7 Å². The molecule has 4 rings (SSSR count). The lowest BCUT2D eigenvalue weighted by Gasteiger charge is -2.12. The van der Waals surface area contributed by atoms with E-state index >= 15 is 0 Å². The summed E-state index contributed by atoms with van der Waals surface area (Å²) in [7, 11) is 0. The van der Waals surface area contributed by atoms with E-state index in [2.05, 4.69) is 10.3 Å². The summed E-state index contributed by atoms with van der Waals surface area (Å²) >= 11 is 0. The zero-order valence-corrected chi connectivity index (χ0v) is 16.2. The number of ether oxygens (including phenoxy) is 1. The van der Waals surface area contributed by atoms with E-state index in [4.69, 9.17) is 4.74 Å². The van der Waals surface area contributed by atoms with E-state index in [-0.39, 0.29) is 23.1 Å². The van der Waals surface area contributed by atoms with Crippen LogP contribution in [0, 0.1) is 11.3 Å². The van der Waals surface area contributed by atoms with Crippen molar-refractivity contribution in [3.8, 4) is 17.7 Å². The van der Waals surface area contributed by atoms with E-state index in [1.807, 2.05) is 12.1 Å². The molecule has 0 unspecified atom stereocenters. The fourth-order valence-electron chi connectivity index (χ4n) is 3.51. The molecule has 0 aliphatic heterocycles. The first-order chi connectivity index (χ1) is 14.7. The van der Waals surface area contributed by atoms with E-state index in [0.717, 1.165) is 25.7 Å². The highest BCUT2D eigenvalue weighted by atomic mass is 16.5. The molecule has 3 aromatic rings. The minimum Gasteiger partial charge on any atom is -0.438 e. The Morgan fingerprint density at radius 2 is 1.90 bits per heavy atom. The van der Waals surface area contributed by atoms with Crippen molar-refractivity contribution in [2.75, 3.05) is 0 Å². The SMILES string of the molecule is N#C/C(=C/c1c(Oc2ccccc2)nc2ccccn2c1=O)C(=O)NC1CCCC1. The van der Waals surface area contributed by atoms with Crippen LogP contribution in [0.5, 0.6) is 11.6 Å². The Morgan fingerprint density at radius 1 is 1.17 bits per heavy atom. The number of nitrogens with one attached hydrogen (secondary N) is 1. The highest BCUT2D eigenvalue weighted by Crippen LogP contribution is 2.24. The van der Waals surface area contributed by atoms with Gasteiger partial charge in [0.15, 0.2) is 0 Å². The molecule has 1 aromatic carbocycles. The summed E-state index contributed by atoms with van der Waals surface area (Å²) in [5.41, 5.74) is -0.136. The topological polar surface area (TPSA) is 96.5 Å². The van der Waals surface area contributed by atoms with Gasteiger partial charge in [-0.05, 0) is 43.2 Å². The molecule has 1 fully saturated rings. The van der Waals surface area contributed by atoms with Crippen LogP contribution >= 0.6 is 0 Å². The largest absolute Gasteiger partial charge is 0.438 e. The molecule has 2 aromatic heterocycles. The van der Waals surface area contributed by atoms with Gasteiger partial charge < -0.3 is 10.1 Å². The smallest absolute Gasteiger partial charge is 0.269 e. The summed E-state index contributed by atoms with van der Waals surface area (Å²) in [5.74, 6) is 0.0414. The molecule has 1 amide bonds. The number of amides is 1. The van der Waals surface area contributed by atoms with E-state index in [1.165, 1.54) is 10.5 Å². The number of pyridine rings is 1. The summed E-state index contributed by atoms with van der Waals surface area (Å²) < 4.78 is 7.20. The predicted octanol–water partition coefficient (Wildman–Crippen LogP) is 3.45. The van der Waals surface area contributed by atoms with Crippen LogP contribution in [0.2, 0.25) is 0 Å². The van der Waals surface area contributed by atoms with Gasteiger partial charge in [-0.3, -0.25) is 14.0 Å². The summed E-state index contributed by atoms with van der Waals surface area (Å²) in [6, 6.07) is 16.0. The Bertz CT molecular complexity index is 1200. The van der Waals surface area contributed by atoms with E-state index in [0.29, 0.717) is 11.4 Å². The molecule has 7 heteroatoms. The maximum Gasteiger partial charge on any atom is 0.269 e. The molecule has 1 aliphatic carbocycles. The number of carbonyl (C=O) groups is 1. The first-order valence-corrected chi connectivity index (χ1v) is 9.82. The Morgan fingerprint density at radius 3 is 2.63 bits per heavy atom. The Labute approximate surface area is 173 Å². The van der Waals surface area contributed by atoms with Gasteiger partial charge in [-0.25, -0.2) is 0 Å². The summed E-state index contributed by atoms with van der Waals surface area (Å²) in [6.45, 7) is 0. The van der Waals surface area contributed by atoms with Crippen molar-refractivity contribution in [1.29, 1.82) is 5.26 Å². The van der Waals surface area contributed by atoms with Crippen LogP contribution in [0.3, 0.4) is 0 Å². The second kappa shape index (κ2) is 8.62. The van der Waals surface area contributed by atoms with Gasteiger partial charge in [0.1, 0.15) is 28.6 Å². The van der Waals surface area contributed by atoms with Gasteiger partial charge in [0.05, 0.1) is 0 Å². The average Bonchev–Trinajstić information content (AvgIpc) is 3.27. The first kappa shape index (κ1) is 19.4. The fourth-order valence-corrected chi connectivity index (χ4v) is 3.51. The van der Waals surface area contributed by atoms with Gasteiger partial charge in [-0.1, -0.05) is 37.1 Å². The average molecular weight is 400 g/mol. The molecule has 30 heavy (non-hydrogen) atoms. The highest BCUT2D eigenvalue weighted by Gasteiger charge is 2.21. The van der Waals surface area contributed by atoms with Crippen LogP contribution in [0.4, 0.5) is 0 Å². The fraction of sp³-hybridized carbons (Fsp3) is 0.217. The van der Waals surface area contributed by atoms with E-state index in [1.54, 1.807) is 48.7 Å². The number of nitriles is 1. The Balaban J connectivity index is 1.78. The summed E-state index contributed by atoms with van der Waals surface area (Å²) in [5, 5.41) is 12.4. The predicted molar refractivity (Wildman–Crippen MR) is 112 cm³/mol. The molecule has 0 saturated heterocycles. The van der Waals surface area contributed by atoms with Crippen molar-refractivity contribution in [3.63, 3.8) is 0 Å². The van der Waals surface area contributed by atoms with Crippen LogP contribution in [0.1, 0.15) is 31.2 Å². The lowest BCUT2D eigenvalue weighted by atomic mass is 10.1. The van der Waals surface area contributed by atoms with Gasteiger partial charge >= 0.3 is 0 Å². The standard InChI is InChI=1S/C23H20N4O3/c24-15-16(21(28)25-17-8-4-5-9-17)14-19-22(30-18-10-2-1-3-11-18)26-20-12-6-7-13-27(20)23(19)29/h1-3,6-7,10-14,17H,4-5,8-9H2,(H,25,28)/b16-14-. The summed E-state index contributed by atoms with van der Waals surface area (Å²) in [4.78, 5) is 30.2. The van der Waals surface area contributed by atoms with Crippen molar-refractivity contribution in [2.45, 2.75) is 31.7 Å². The number of fused-ring (bicyclic) bond motifs is 1. The van der Waals surface area contributed by atoms with Gasteiger partial charge in [0, 0.05) is 12.2 Å². The molecule has 0 spiro atoms. The molecular formula is C23H20N4O3. The number of hydrogen-bond acceptors (Lipinski definition) is 5. The van der Waals surface area contributed by atoms with Crippen LogP contribution in [0.25, 0.3) is 11.7 Å². The number of rotatable bonds is 5. The van der Waals surface area contributed by atoms with Crippen LogP contribution < -0.4 is 15.6 Å². The zero-order valence-electron chi connectivity index (χ0n) is 16.2. The van der Waals surface area contributed by atoms with Gasteiger partial charge in [0.25, 0.3) is 11.5 Å². The van der Waals surface area contributed by atoms with Crippen molar-refractivity contribution >= 4 is 17.6 Å². The quantitative estimate of drug-likeness (QED) is 0.523. The second-order valence-electron chi connectivity index (χ2n) is 7.10. The molecule has 1 aliphatic rings. The maximum atomic E-state index is 13.1. The molecule has 7 nitrogen and oxygen atoms in total. The van der Waals surface area contributed by atoms with Crippen LogP contribution in [-0.2, 0) is 4.79 Å². The van der Waals surface area contributed by atoms with E-state index < -0.39 is 11.5 Å². The van der Waals surface area contributed by atoms with Crippen molar-refractivity contribution in [2.24, 2.45) is 0 Å². The second-order valence-corrected chi connectivity index (χ2v) is 7.10. The number of benzene rings is 1. The van der Waals surface area contributed by atoms with Gasteiger partial charge in [-0.15, -0.1) is 0 Å². The minimum atomic E-state index is -0.493. The molecule has 2 heterocycles. The molecule has 0 atom stereocenters. The van der Waals surface area contributed by atoms with Crippen LogP contribution in [0.15, 0.2) is 65.1 Å². The molecule has 0 bridgehead atoms. The first-order valence-electron chi connectivity index (χ1n) is 9.82. The molecule has 150 valence electrons. The Hall–Kier alpha value is -3.92. The number of nitrogens with zero attached hydrogens (tertiary/aromatic N) is 3. The van der Waals surface area contributed by atoms with Crippen LogP contribution in [-0.4, -0.2) is 21.3 Å². The lowest BCUT2D eigenvalue weighted by Crippen LogP contribution is -2.33. The van der Waals surface area contributed by atoms with Gasteiger partial charge in [-0.2, -0.15) is 10.2 Å². The number of para-hydroxylation sites is 1. The minimum absolute atomic E-state index is 0.0406. The van der Waals surface area contributed by atoms with Crippen molar-refractivity contribution < 1.29 is 9.53 Å². The maximum absolute atomic E-state index is 13.1. The monoisotopic (exact) mass is 400 g/mol. The molecule has 1 N–H and O–H groups in total. The van der Waals surface area contributed by atoms with E-state index in [9.17, 15) is 14.9 Å². The molecular weight excluding hydrogens is 380 g/mol. The molecule has 0 radical (unpaired) electrons. The third-order valence-electron chi connectivity index (χ3n) is 5.04. The Kier molecular flexibility index (Phi) is 5.57. The number of carbonyl (C=O) groups excluding carboxylic acids is 1. The molecule has 1 saturated carbocycles. The normalized spacial score (nSPS) is 14.4. The summed E-state index contributed by atoms with van der Waals surface area (Å²) in [6.07, 6.45) is 6.75. The number of hydrogen-bond donors (Lipinski definition) is 1. The van der Waals surface area contributed by atoms with Crippen molar-refractivity contribution in [3.05, 3.63) is 76.2 Å². The lowest BCUT2D eigenvalue weighted by molar-refractivity contribution is -0.117.